The summed E-state index contributed by atoms with van der Waals surface area (Å²) in [6, 6.07) is 58.2. The van der Waals surface area contributed by atoms with Crippen LogP contribution in [0.25, 0.3) is 134 Å². The maximum atomic E-state index is 8.67. The Bertz CT molecular complexity index is 4480. The van der Waals surface area contributed by atoms with Gasteiger partial charge in [0.25, 0.3) is 0 Å². The van der Waals surface area contributed by atoms with Gasteiger partial charge in [0.15, 0.2) is 11.6 Å². The van der Waals surface area contributed by atoms with Crippen molar-refractivity contribution in [1.82, 2.24) is 14.5 Å². The number of fused-ring (bicyclic) bond motifs is 16. The van der Waals surface area contributed by atoms with Gasteiger partial charge in [-0.15, -0.1) is 22.7 Å². The Morgan fingerprint density at radius 2 is 1.05 bits per heavy atom. The second kappa shape index (κ2) is 13.4. The quantitative estimate of drug-likeness (QED) is 0.165. The van der Waals surface area contributed by atoms with Gasteiger partial charge in [0.2, 0.25) is 0 Å². The van der Waals surface area contributed by atoms with Crippen molar-refractivity contribution in [3.8, 4) is 39.5 Å². The van der Waals surface area contributed by atoms with Crippen molar-refractivity contribution in [3.05, 3.63) is 200 Å². The van der Waals surface area contributed by atoms with Crippen molar-refractivity contribution >= 4 is 117 Å². The van der Waals surface area contributed by atoms with Gasteiger partial charge in [-0.1, -0.05) is 176 Å². The molecule has 0 bridgehead atoms. The maximum absolute atomic E-state index is 8.67. The molecule has 10 aromatic carbocycles. The van der Waals surface area contributed by atoms with Crippen LogP contribution in [0.5, 0.6) is 0 Å². The fourth-order valence-electron chi connectivity index (χ4n) is 9.88. The van der Waals surface area contributed by atoms with E-state index in [0.717, 1.165) is 59.2 Å². The molecule has 5 heteroatoms. The minimum atomic E-state index is -0.416. The summed E-state index contributed by atoms with van der Waals surface area (Å²) >= 11 is 3.53. The lowest BCUT2D eigenvalue weighted by Gasteiger charge is -2.14. The first-order chi connectivity index (χ1) is 33.3. The zero-order valence-electron chi connectivity index (χ0n) is 38.3. The Kier molecular flexibility index (Phi) is 6.45. The Morgan fingerprint density at radius 1 is 0.429 bits per heavy atom. The molecule has 3 nitrogen and oxygen atoms in total. The lowest BCUT2D eigenvalue weighted by atomic mass is 9.92. The topological polar surface area (TPSA) is 30.7 Å². The Morgan fingerprint density at radius 3 is 1.86 bits per heavy atom. The normalized spacial score (nSPS) is 13.2. The zero-order chi connectivity index (χ0) is 45.5. The molecule has 0 amide bonds. The van der Waals surface area contributed by atoms with Crippen LogP contribution in [0, 0.1) is 0 Å². The van der Waals surface area contributed by atoms with Gasteiger partial charge in [-0.3, -0.25) is 4.57 Å². The minimum absolute atomic E-state index is 0.156. The third kappa shape index (κ3) is 5.12. The van der Waals surface area contributed by atoms with Crippen LogP contribution < -0.4 is 0 Å². The number of rotatable bonds is 4. The number of aromatic nitrogens is 3. The van der Waals surface area contributed by atoms with Crippen molar-refractivity contribution in [1.29, 1.82) is 0 Å². The molecule has 63 heavy (non-hydrogen) atoms. The van der Waals surface area contributed by atoms with Crippen LogP contribution in [0.2, 0.25) is 0 Å². The number of nitrogens with zero attached hydrogens (tertiary/aromatic N) is 3. The third-order valence-electron chi connectivity index (χ3n) is 12.7. The van der Waals surface area contributed by atoms with E-state index in [0.29, 0.717) is 11.4 Å². The summed E-state index contributed by atoms with van der Waals surface area (Å²) in [5, 5.41) is 12.9. The van der Waals surface area contributed by atoms with Crippen molar-refractivity contribution in [3.63, 3.8) is 0 Å². The summed E-state index contributed by atoms with van der Waals surface area (Å²) in [6.07, 6.45) is 0. The zero-order valence-corrected chi connectivity index (χ0v) is 35.0. The summed E-state index contributed by atoms with van der Waals surface area (Å²) in [7, 11) is 0. The highest BCUT2D eigenvalue weighted by molar-refractivity contribution is 7.27. The average Bonchev–Trinajstić information content (AvgIpc) is 4.07. The first-order valence-electron chi connectivity index (χ1n) is 23.4. The average molecular weight is 841 g/mol. The van der Waals surface area contributed by atoms with E-state index in [9.17, 15) is 0 Å². The van der Waals surface area contributed by atoms with E-state index in [1.807, 2.05) is 23.5 Å². The second-order valence-electron chi connectivity index (χ2n) is 16.1. The highest BCUT2D eigenvalue weighted by Gasteiger charge is 2.26. The van der Waals surface area contributed by atoms with Gasteiger partial charge in [0.05, 0.1) is 28.1 Å². The monoisotopic (exact) mass is 840 g/mol. The van der Waals surface area contributed by atoms with Gasteiger partial charge in [0, 0.05) is 52.0 Å². The van der Waals surface area contributed by atoms with Crippen LogP contribution in [0.4, 0.5) is 0 Å². The summed E-state index contributed by atoms with van der Waals surface area (Å²) in [5.41, 5.74) is 6.63. The fourth-order valence-corrected chi connectivity index (χ4v) is 12.2. The predicted molar refractivity (Wildman–Crippen MR) is 271 cm³/mol. The van der Waals surface area contributed by atoms with Crippen molar-refractivity contribution < 1.29 is 6.85 Å². The molecule has 292 valence electrons. The molecular weight excluding hydrogens is 803 g/mol. The molecule has 14 aromatic rings. The van der Waals surface area contributed by atoms with Crippen LogP contribution in [0.3, 0.4) is 0 Å². The Balaban J connectivity index is 1.13. The molecule has 14 rings (SSSR count). The van der Waals surface area contributed by atoms with Gasteiger partial charge >= 0.3 is 0 Å². The standard InChI is InChI=1S/C58H33N3S2/c1-2-14-34(15-3-1)35-26-28-36(29-27-35)57-59-53-46-23-11-13-25-50(46)63-56(53)58(60-57)61-48-33-38(47-32-37-16-4-5-17-39(37)40-18-6-7-19-41(40)47)30-31-44(48)51-42-20-8-9-21-43(42)55-52(54(51)61)45-22-10-12-24-49(45)62-55/h1-33H/i1D,2D,3D,14D,15D. The molecule has 0 saturated carbocycles. The number of hydrogen-bond donors (Lipinski definition) is 0. The van der Waals surface area contributed by atoms with E-state index in [1.54, 1.807) is 23.5 Å². The highest BCUT2D eigenvalue weighted by Crippen LogP contribution is 2.50. The van der Waals surface area contributed by atoms with Crippen molar-refractivity contribution in [2.45, 2.75) is 0 Å². The maximum Gasteiger partial charge on any atom is 0.162 e. The molecule has 0 radical (unpaired) electrons. The Hall–Kier alpha value is -7.70. The van der Waals surface area contributed by atoms with Crippen LogP contribution in [-0.2, 0) is 0 Å². The molecule has 0 aliphatic carbocycles. The molecular formula is C58H33N3S2. The molecule has 0 aliphatic heterocycles. The smallest absolute Gasteiger partial charge is 0.162 e. The minimum Gasteiger partial charge on any atom is -0.292 e. The summed E-state index contributed by atoms with van der Waals surface area (Å²) < 4.78 is 49.1. The van der Waals surface area contributed by atoms with E-state index in [2.05, 4.69) is 150 Å². The van der Waals surface area contributed by atoms with Crippen LogP contribution >= 0.6 is 22.7 Å². The van der Waals surface area contributed by atoms with Gasteiger partial charge < -0.3 is 0 Å². The van der Waals surface area contributed by atoms with Gasteiger partial charge in [0.1, 0.15) is 0 Å². The largest absolute Gasteiger partial charge is 0.292 e. The van der Waals surface area contributed by atoms with Gasteiger partial charge in [-0.2, -0.15) is 0 Å². The van der Waals surface area contributed by atoms with Gasteiger partial charge in [-0.05, 0) is 73.5 Å². The lowest BCUT2D eigenvalue weighted by Crippen LogP contribution is -2.02. The van der Waals surface area contributed by atoms with Crippen molar-refractivity contribution in [2.24, 2.45) is 0 Å². The van der Waals surface area contributed by atoms with E-state index >= 15 is 0 Å². The first kappa shape index (κ1) is 30.3. The van der Waals surface area contributed by atoms with E-state index in [4.69, 9.17) is 16.8 Å². The summed E-state index contributed by atoms with van der Waals surface area (Å²) in [4.78, 5) is 11.0. The third-order valence-corrected chi connectivity index (χ3v) is 15.0. The number of benzene rings is 10. The molecule has 4 aromatic heterocycles. The molecule has 0 N–H and O–H groups in total. The van der Waals surface area contributed by atoms with Crippen molar-refractivity contribution in [2.75, 3.05) is 0 Å². The van der Waals surface area contributed by atoms with Crippen LogP contribution in [-0.4, -0.2) is 14.5 Å². The summed E-state index contributed by atoms with van der Waals surface area (Å²) in [6.45, 7) is 0. The molecule has 0 fully saturated rings. The lowest BCUT2D eigenvalue weighted by molar-refractivity contribution is 1.09. The number of hydrogen-bond acceptors (Lipinski definition) is 4. The molecule has 0 atom stereocenters. The molecule has 4 heterocycles. The number of thiophene rings is 2. The first-order valence-corrected chi connectivity index (χ1v) is 22.5. The molecule has 0 saturated heterocycles. The Labute approximate surface area is 376 Å². The van der Waals surface area contributed by atoms with E-state index in [1.165, 1.54) is 57.9 Å². The van der Waals surface area contributed by atoms with Crippen LogP contribution in [0.15, 0.2) is 200 Å². The summed E-state index contributed by atoms with van der Waals surface area (Å²) in [5.74, 6) is 1.29. The highest BCUT2D eigenvalue weighted by atomic mass is 32.1. The molecule has 0 aliphatic rings. The van der Waals surface area contributed by atoms with Crippen LogP contribution in [0.1, 0.15) is 6.85 Å². The van der Waals surface area contributed by atoms with Gasteiger partial charge in [-0.25, -0.2) is 9.97 Å². The predicted octanol–water partition coefficient (Wildman–Crippen LogP) is 16.8. The molecule has 0 unspecified atom stereocenters. The second-order valence-corrected chi connectivity index (χ2v) is 18.2. The van der Waals surface area contributed by atoms with E-state index in [-0.39, 0.29) is 29.7 Å². The SMILES string of the molecule is [2H]c1c([2H])c([2H])c(-c2ccc(-c3nc(-n4c5cc(-c6cc7ccccc7c7ccccc67)ccc5c5c6ccccc6c6sc7ccccc7c6c54)c4sc5ccccc5c4n3)cc2)c([2H])c1[2H]. The molecule has 0 spiro atoms. The van der Waals surface area contributed by atoms with E-state index < -0.39 is 6.04 Å². The fraction of sp³-hybridized carbons (Fsp3) is 0.